The number of ether oxygens (including phenoxy) is 1. The summed E-state index contributed by atoms with van der Waals surface area (Å²) in [6.45, 7) is 2.12. The van der Waals surface area contributed by atoms with Gasteiger partial charge in [-0.3, -0.25) is 0 Å². The fourth-order valence-corrected chi connectivity index (χ4v) is 4.51. The van der Waals surface area contributed by atoms with E-state index in [4.69, 9.17) is 4.74 Å². The third kappa shape index (κ3) is 2.86. The Morgan fingerprint density at radius 3 is 1.76 bits per heavy atom. The van der Waals surface area contributed by atoms with Gasteiger partial charge >= 0.3 is 0 Å². The number of rotatable bonds is 5. The zero-order valence-corrected chi connectivity index (χ0v) is 11.2. The summed E-state index contributed by atoms with van der Waals surface area (Å²) >= 11 is 0. The SMILES string of the molecule is C1CCC(C(CCC2COC2)C2CCCC2)C1. The van der Waals surface area contributed by atoms with E-state index in [0.717, 1.165) is 36.9 Å². The van der Waals surface area contributed by atoms with Gasteiger partial charge < -0.3 is 4.74 Å². The molecule has 1 heteroatoms. The Kier molecular flexibility index (Phi) is 4.05. The molecule has 0 atom stereocenters. The molecule has 2 aliphatic carbocycles. The Labute approximate surface area is 106 Å². The fourth-order valence-electron chi connectivity index (χ4n) is 4.51. The lowest BCUT2D eigenvalue weighted by atomic mass is 9.75. The summed E-state index contributed by atoms with van der Waals surface area (Å²) in [6, 6.07) is 0. The summed E-state index contributed by atoms with van der Waals surface area (Å²) in [7, 11) is 0. The van der Waals surface area contributed by atoms with E-state index in [1.807, 2.05) is 0 Å². The van der Waals surface area contributed by atoms with Gasteiger partial charge in [-0.15, -0.1) is 0 Å². The lowest BCUT2D eigenvalue weighted by Crippen LogP contribution is -2.29. The van der Waals surface area contributed by atoms with Gasteiger partial charge in [-0.25, -0.2) is 0 Å². The van der Waals surface area contributed by atoms with Crippen LogP contribution in [0.2, 0.25) is 0 Å². The van der Waals surface area contributed by atoms with Crippen LogP contribution in [0, 0.1) is 23.7 Å². The second kappa shape index (κ2) is 5.73. The molecule has 1 aliphatic heterocycles. The summed E-state index contributed by atoms with van der Waals surface area (Å²) < 4.78 is 5.32. The van der Waals surface area contributed by atoms with Crippen molar-refractivity contribution in [1.29, 1.82) is 0 Å². The molecular weight excluding hydrogens is 208 g/mol. The van der Waals surface area contributed by atoms with Crippen LogP contribution in [0.5, 0.6) is 0 Å². The molecule has 3 rings (SSSR count). The lowest BCUT2D eigenvalue weighted by molar-refractivity contribution is -0.0401. The molecule has 0 N–H and O–H groups in total. The molecule has 98 valence electrons. The fraction of sp³-hybridized carbons (Fsp3) is 1.00. The van der Waals surface area contributed by atoms with Crippen molar-refractivity contribution in [2.24, 2.45) is 23.7 Å². The van der Waals surface area contributed by atoms with Crippen molar-refractivity contribution < 1.29 is 4.74 Å². The highest BCUT2D eigenvalue weighted by molar-refractivity contribution is 4.84. The van der Waals surface area contributed by atoms with Crippen molar-refractivity contribution in [2.45, 2.75) is 64.2 Å². The van der Waals surface area contributed by atoms with E-state index in [2.05, 4.69) is 0 Å². The van der Waals surface area contributed by atoms with Crippen molar-refractivity contribution in [3.8, 4) is 0 Å². The quantitative estimate of drug-likeness (QED) is 0.687. The predicted molar refractivity (Wildman–Crippen MR) is 70.9 cm³/mol. The molecule has 0 spiro atoms. The third-order valence-corrected chi connectivity index (χ3v) is 5.63. The second-order valence-corrected chi connectivity index (χ2v) is 6.73. The molecule has 2 saturated carbocycles. The first-order valence-corrected chi connectivity index (χ1v) is 8.01. The summed E-state index contributed by atoms with van der Waals surface area (Å²) in [4.78, 5) is 0. The van der Waals surface area contributed by atoms with Crippen LogP contribution < -0.4 is 0 Å². The molecule has 1 saturated heterocycles. The molecule has 3 fully saturated rings. The van der Waals surface area contributed by atoms with Crippen LogP contribution in [0.3, 0.4) is 0 Å². The minimum Gasteiger partial charge on any atom is -0.381 e. The van der Waals surface area contributed by atoms with Crippen molar-refractivity contribution in [3.63, 3.8) is 0 Å². The number of hydrogen-bond donors (Lipinski definition) is 0. The van der Waals surface area contributed by atoms with Gasteiger partial charge in [0, 0.05) is 5.92 Å². The van der Waals surface area contributed by atoms with Crippen LogP contribution >= 0.6 is 0 Å². The van der Waals surface area contributed by atoms with Crippen LogP contribution in [-0.4, -0.2) is 13.2 Å². The van der Waals surface area contributed by atoms with E-state index in [1.54, 1.807) is 25.7 Å². The average molecular weight is 236 g/mol. The lowest BCUT2D eigenvalue weighted by Gasteiger charge is -2.33. The van der Waals surface area contributed by atoms with Crippen molar-refractivity contribution in [2.75, 3.05) is 13.2 Å². The average Bonchev–Trinajstić information content (AvgIpc) is 2.94. The molecule has 1 heterocycles. The first-order valence-electron chi connectivity index (χ1n) is 8.01. The molecule has 17 heavy (non-hydrogen) atoms. The first-order chi connectivity index (χ1) is 8.43. The van der Waals surface area contributed by atoms with Crippen molar-refractivity contribution in [1.82, 2.24) is 0 Å². The minimum atomic E-state index is 0.917. The van der Waals surface area contributed by atoms with Gasteiger partial charge in [0.2, 0.25) is 0 Å². The van der Waals surface area contributed by atoms with Gasteiger partial charge in [-0.1, -0.05) is 51.4 Å². The van der Waals surface area contributed by atoms with E-state index in [9.17, 15) is 0 Å². The predicted octanol–water partition coefficient (Wildman–Crippen LogP) is 4.41. The Hall–Kier alpha value is -0.0400. The Morgan fingerprint density at radius 1 is 0.824 bits per heavy atom. The van der Waals surface area contributed by atoms with E-state index in [1.165, 1.54) is 38.5 Å². The van der Waals surface area contributed by atoms with Crippen LogP contribution in [0.4, 0.5) is 0 Å². The standard InChI is InChI=1S/C16H28O/c1-2-6-14(5-1)16(15-7-3-4-8-15)10-9-13-11-17-12-13/h13-16H,1-12H2. The molecule has 1 nitrogen and oxygen atoms in total. The van der Waals surface area contributed by atoms with Crippen LogP contribution in [0.25, 0.3) is 0 Å². The second-order valence-electron chi connectivity index (χ2n) is 6.73. The molecule has 0 unspecified atom stereocenters. The maximum Gasteiger partial charge on any atom is 0.0516 e. The van der Waals surface area contributed by atoms with E-state index < -0.39 is 0 Å². The topological polar surface area (TPSA) is 9.23 Å². The van der Waals surface area contributed by atoms with Crippen molar-refractivity contribution >= 4 is 0 Å². The zero-order chi connectivity index (χ0) is 11.5. The van der Waals surface area contributed by atoms with Gasteiger partial charge in [-0.2, -0.15) is 0 Å². The molecule has 0 aromatic carbocycles. The highest BCUT2D eigenvalue weighted by atomic mass is 16.5. The van der Waals surface area contributed by atoms with Crippen molar-refractivity contribution in [3.05, 3.63) is 0 Å². The molecule has 0 aromatic heterocycles. The van der Waals surface area contributed by atoms with Crippen LogP contribution in [0.15, 0.2) is 0 Å². The van der Waals surface area contributed by atoms with Crippen LogP contribution in [0.1, 0.15) is 64.2 Å². The molecule has 0 radical (unpaired) electrons. The van der Waals surface area contributed by atoms with Gasteiger partial charge in [-0.05, 0) is 30.6 Å². The van der Waals surface area contributed by atoms with Gasteiger partial charge in [0.1, 0.15) is 0 Å². The minimum absolute atomic E-state index is 0.917. The first kappa shape index (κ1) is 12.0. The largest absolute Gasteiger partial charge is 0.381 e. The van der Waals surface area contributed by atoms with Crippen LogP contribution in [-0.2, 0) is 4.74 Å². The van der Waals surface area contributed by atoms with E-state index in [-0.39, 0.29) is 0 Å². The Bertz CT molecular complexity index is 206. The molecule has 3 aliphatic rings. The zero-order valence-electron chi connectivity index (χ0n) is 11.2. The molecular formula is C16H28O. The monoisotopic (exact) mass is 236 g/mol. The normalized spacial score (nSPS) is 28.1. The molecule has 0 aromatic rings. The summed E-state index contributed by atoms with van der Waals surface area (Å²) in [5.74, 6) is 4.19. The highest BCUT2D eigenvalue weighted by Gasteiger charge is 2.33. The van der Waals surface area contributed by atoms with E-state index in [0.29, 0.717) is 0 Å². The molecule has 0 bridgehead atoms. The van der Waals surface area contributed by atoms with Gasteiger partial charge in [0.05, 0.1) is 13.2 Å². The third-order valence-electron chi connectivity index (χ3n) is 5.63. The van der Waals surface area contributed by atoms with E-state index >= 15 is 0 Å². The summed E-state index contributed by atoms with van der Waals surface area (Å²) in [5, 5.41) is 0. The summed E-state index contributed by atoms with van der Waals surface area (Å²) in [6.07, 6.45) is 15.2. The van der Waals surface area contributed by atoms with Gasteiger partial charge in [0.25, 0.3) is 0 Å². The Morgan fingerprint density at radius 2 is 1.35 bits per heavy atom. The number of hydrogen-bond acceptors (Lipinski definition) is 1. The molecule has 0 amide bonds. The summed E-state index contributed by atoms with van der Waals surface area (Å²) in [5.41, 5.74) is 0. The Balaban J connectivity index is 1.53. The highest BCUT2D eigenvalue weighted by Crippen LogP contribution is 2.44. The maximum absolute atomic E-state index is 5.32. The van der Waals surface area contributed by atoms with Gasteiger partial charge in [0.15, 0.2) is 0 Å². The smallest absolute Gasteiger partial charge is 0.0516 e. The maximum atomic E-state index is 5.32.